The molecule has 0 spiro atoms. The molecule has 2 N–H and O–H groups in total. The van der Waals surface area contributed by atoms with Gasteiger partial charge in [0.2, 0.25) is 5.91 Å². The number of halogens is 2. The van der Waals surface area contributed by atoms with Crippen LogP contribution in [0.15, 0.2) is 24.3 Å². The summed E-state index contributed by atoms with van der Waals surface area (Å²) in [6.45, 7) is 0.275. The minimum atomic E-state index is -2.89. The van der Waals surface area contributed by atoms with Crippen LogP contribution in [0.25, 0.3) is 0 Å². The SMILES string of the molecule is CC1CC(CN)CN1C(=O)Cc1ccccc1OC(F)F. The fourth-order valence-corrected chi connectivity index (χ4v) is 2.79. The van der Waals surface area contributed by atoms with E-state index in [2.05, 4.69) is 4.74 Å². The fraction of sp³-hybridized carbons (Fsp3) is 0.533. The van der Waals surface area contributed by atoms with E-state index in [0.717, 1.165) is 6.42 Å². The molecule has 2 atom stereocenters. The van der Waals surface area contributed by atoms with Crippen molar-refractivity contribution < 1.29 is 18.3 Å². The summed E-state index contributed by atoms with van der Waals surface area (Å²) in [5.74, 6) is 0.295. The maximum Gasteiger partial charge on any atom is 0.387 e. The Labute approximate surface area is 122 Å². The second-order valence-corrected chi connectivity index (χ2v) is 5.40. The quantitative estimate of drug-likeness (QED) is 0.905. The van der Waals surface area contributed by atoms with Crippen LogP contribution in [0.4, 0.5) is 8.78 Å². The Hall–Kier alpha value is -1.69. The van der Waals surface area contributed by atoms with Crippen LogP contribution in [0.3, 0.4) is 0 Å². The average molecular weight is 298 g/mol. The molecule has 116 valence electrons. The van der Waals surface area contributed by atoms with E-state index in [1.165, 1.54) is 6.07 Å². The molecule has 0 aliphatic carbocycles. The number of ether oxygens (including phenoxy) is 1. The normalized spacial score (nSPS) is 21.9. The molecule has 1 aliphatic rings. The van der Waals surface area contributed by atoms with Crippen molar-refractivity contribution >= 4 is 5.91 Å². The Balaban J connectivity index is 2.06. The lowest BCUT2D eigenvalue weighted by atomic mass is 10.1. The molecule has 0 radical (unpaired) electrons. The van der Waals surface area contributed by atoms with E-state index in [9.17, 15) is 13.6 Å². The third-order valence-corrected chi connectivity index (χ3v) is 3.85. The summed E-state index contributed by atoms with van der Waals surface area (Å²) >= 11 is 0. The lowest BCUT2D eigenvalue weighted by Gasteiger charge is -2.22. The number of hydrogen-bond donors (Lipinski definition) is 1. The first-order valence-electron chi connectivity index (χ1n) is 7.03. The molecule has 0 bridgehead atoms. The number of carbonyl (C=O) groups excluding carboxylic acids is 1. The Bertz CT molecular complexity index is 496. The molecule has 2 unspecified atom stereocenters. The number of amides is 1. The maximum atomic E-state index is 12.4. The summed E-state index contributed by atoms with van der Waals surface area (Å²) in [4.78, 5) is 14.1. The molecule has 4 nitrogen and oxygen atoms in total. The molecule has 1 aromatic rings. The molecule has 21 heavy (non-hydrogen) atoms. The molecule has 1 aliphatic heterocycles. The highest BCUT2D eigenvalue weighted by molar-refractivity contribution is 5.80. The van der Waals surface area contributed by atoms with Gasteiger partial charge in [-0.05, 0) is 31.9 Å². The van der Waals surface area contributed by atoms with Crippen LogP contribution in [-0.2, 0) is 11.2 Å². The van der Waals surface area contributed by atoms with E-state index in [1.807, 2.05) is 6.92 Å². The summed E-state index contributed by atoms with van der Waals surface area (Å²) < 4.78 is 29.2. The zero-order valence-electron chi connectivity index (χ0n) is 12.0. The predicted octanol–water partition coefficient (Wildman–Crippen LogP) is 2.03. The van der Waals surface area contributed by atoms with Gasteiger partial charge in [-0.15, -0.1) is 0 Å². The molecule has 1 heterocycles. The van der Waals surface area contributed by atoms with Crippen molar-refractivity contribution in [1.82, 2.24) is 4.90 Å². The summed E-state index contributed by atoms with van der Waals surface area (Å²) in [6.07, 6.45) is 0.946. The minimum absolute atomic E-state index is 0.0584. The molecule has 0 saturated carbocycles. The molecular weight excluding hydrogens is 278 g/mol. The van der Waals surface area contributed by atoms with E-state index in [4.69, 9.17) is 5.73 Å². The third kappa shape index (κ3) is 3.91. The highest BCUT2D eigenvalue weighted by atomic mass is 19.3. The van der Waals surface area contributed by atoms with E-state index in [1.54, 1.807) is 23.1 Å². The van der Waals surface area contributed by atoms with E-state index >= 15 is 0 Å². The Kier molecular flexibility index (Phi) is 5.12. The van der Waals surface area contributed by atoms with Gasteiger partial charge in [-0.3, -0.25) is 4.79 Å². The molecule has 0 aromatic heterocycles. The smallest absolute Gasteiger partial charge is 0.387 e. The van der Waals surface area contributed by atoms with Gasteiger partial charge in [-0.25, -0.2) is 0 Å². The molecule has 2 rings (SSSR count). The van der Waals surface area contributed by atoms with Gasteiger partial charge < -0.3 is 15.4 Å². The van der Waals surface area contributed by atoms with Crippen molar-refractivity contribution in [1.29, 1.82) is 0 Å². The monoisotopic (exact) mass is 298 g/mol. The molecule has 1 saturated heterocycles. The number of benzene rings is 1. The Morgan fingerprint density at radius 1 is 1.48 bits per heavy atom. The number of rotatable bonds is 5. The zero-order valence-corrected chi connectivity index (χ0v) is 12.0. The van der Waals surface area contributed by atoms with Crippen molar-refractivity contribution in [3.8, 4) is 5.75 Å². The molecule has 1 fully saturated rings. The number of nitrogens with zero attached hydrogens (tertiary/aromatic N) is 1. The van der Waals surface area contributed by atoms with Crippen LogP contribution in [0.2, 0.25) is 0 Å². The Morgan fingerprint density at radius 3 is 2.81 bits per heavy atom. The largest absolute Gasteiger partial charge is 0.435 e. The highest BCUT2D eigenvalue weighted by Gasteiger charge is 2.31. The van der Waals surface area contributed by atoms with Crippen LogP contribution in [0.5, 0.6) is 5.75 Å². The number of carbonyl (C=O) groups is 1. The zero-order chi connectivity index (χ0) is 15.4. The minimum Gasteiger partial charge on any atom is -0.435 e. The summed E-state index contributed by atoms with van der Waals surface area (Å²) in [5, 5.41) is 0. The Morgan fingerprint density at radius 2 is 2.19 bits per heavy atom. The van der Waals surface area contributed by atoms with Gasteiger partial charge in [0.15, 0.2) is 0 Å². The average Bonchev–Trinajstić information content (AvgIpc) is 2.82. The van der Waals surface area contributed by atoms with Gasteiger partial charge in [-0.1, -0.05) is 18.2 Å². The molecule has 6 heteroatoms. The number of nitrogens with two attached hydrogens (primary N) is 1. The first-order chi connectivity index (χ1) is 10.0. The van der Waals surface area contributed by atoms with Crippen molar-refractivity contribution in [3.05, 3.63) is 29.8 Å². The number of likely N-dealkylation sites (tertiary alicyclic amines) is 1. The van der Waals surface area contributed by atoms with Crippen LogP contribution >= 0.6 is 0 Å². The van der Waals surface area contributed by atoms with Crippen LogP contribution < -0.4 is 10.5 Å². The number of para-hydroxylation sites is 1. The molecular formula is C15H20F2N2O2. The van der Waals surface area contributed by atoms with Gasteiger partial charge in [0.25, 0.3) is 0 Å². The van der Waals surface area contributed by atoms with Crippen molar-refractivity contribution in [2.75, 3.05) is 13.1 Å². The van der Waals surface area contributed by atoms with E-state index in [-0.39, 0.29) is 24.1 Å². The summed E-state index contributed by atoms with van der Waals surface area (Å²) in [7, 11) is 0. The molecule has 1 amide bonds. The first kappa shape index (κ1) is 15.7. The number of alkyl halides is 2. The van der Waals surface area contributed by atoms with Crippen molar-refractivity contribution in [2.45, 2.75) is 32.4 Å². The van der Waals surface area contributed by atoms with Crippen molar-refractivity contribution in [3.63, 3.8) is 0 Å². The molecule has 1 aromatic carbocycles. The van der Waals surface area contributed by atoms with Gasteiger partial charge in [0.1, 0.15) is 5.75 Å². The lowest BCUT2D eigenvalue weighted by Crippen LogP contribution is -2.35. The van der Waals surface area contributed by atoms with Gasteiger partial charge in [0.05, 0.1) is 6.42 Å². The number of hydrogen-bond acceptors (Lipinski definition) is 3. The third-order valence-electron chi connectivity index (χ3n) is 3.85. The second kappa shape index (κ2) is 6.85. The lowest BCUT2D eigenvalue weighted by molar-refractivity contribution is -0.131. The standard InChI is InChI=1S/C15H20F2N2O2/c1-10-6-11(8-18)9-19(10)14(20)7-12-4-2-3-5-13(12)21-15(16)17/h2-5,10-11,15H,6-9,18H2,1H3. The van der Waals surface area contributed by atoms with Crippen LogP contribution in [0.1, 0.15) is 18.9 Å². The second-order valence-electron chi connectivity index (χ2n) is 5.40. The van der Waals surface area contributed by atoms with Crippen LogP contribution in [-0.4, -0.2) is 36.5 Å². The summed E-state index contributed by atoms with van der Waals surface area (Å²) in [5.41, 5.74) is 6.13. The van der Waals surface area contributed by atoms with Gasteiger partial charge >= 0.3 is 6.61 Å². The van der Waals surface area contributed by atoms with Gasteiger partial charge in [0, 0.05) is 18.2 Å². The fourth-order valence-electron chi connectivity index (χ4n) is 2.79. The first-order valence-corrected chi connectivity index (χ1v) is 7.03. The predicted molar refractivity (Wildman–Crippen MR) is 75.1 cm³/mol. The van der Waals surface area contributed by atoms with Gasteiger partial charge in [-0.2, -0.15) is 8.78 Å². The van der Waals surface area contributed by atoms with Crippen molar-refractivity contribution in [2.24, 2.45) is 11.7 Å². The topological polar surface area (TPSA) is 55.6 Å². The van der Waals surface area contributed by atoms with E-state index < -0.39 is 6.61 Å². The maximum absolute atomic E-state index is 12.4. The van der Waals surface area contributed by atoms with Crippen LogP contribution in [0, 0.1) is 5.92 Å². The highest BCUT2D eigenvalue weighted by Crippen LogP contribution is 2.25. The van der Waals surface area contributed by atoms with E-state index in [0.29, 0.717) is 24.6 Å². The summed E-state index contributed by atoms with van der Waals surface area (Å²) in [6, 6.07) is 6.53.